The lowest BCUT2D eigenvalue weighted by Gasteiger charge is -1.94. The van der Waals surface area contributed by atoms with E-state index in [2.05, 4.69) is 24.2 Å². The van der Waals surface area contributed by atoms with Crippen LogP contribution in [0.2, 0.25) is 0 Å². The van der Waals surface area contributed by atoms with Gasteiger partial charge in [-0.3, -0.25) is 14.7 Å². The molecule has 2 aromatic heterocycles. The van der Waals surface area contributed by atoms with Gasteiger partial charge in [0.2, 0.25) is 5.91 Å². The maximum atomic E-state index is 11.8. The third-order valence-electron chi connectivity index (χ3n) is 3.63. The van der Waals surface area contributed by atoms with Crippen molar-refractivity contribution in [3.8, 4) is 0 Å². The first kappa shape index (κ1) is 12.4. The highest BCUT2D eigenvalue weighted by atomic mass is 32.1. The van der Waals surface area contributed by atoms with Gasteiger partial charge < -0.3 is 0 Å². The Bertz CT molecular complexity index is 573. The van der Waals surface area contributed by atoms with Crippen LogP contribution in [-0.4, -0.2) is 20.9 Å². The molecule has 100 valence electrons. The van der Waals surface area contributed by atoms with E-state index in [9.17, 15) is 4.79 Å². The number of rotatable bonds is 3. The van der Waals surface area contributed by atoms with Gasteiger partial charge in [-0.05, 0) is 24.6 Å². The molecule has 0 spiro atoms. The number of hydroxylamine groups is 1. The summed E-state index contributed by atoms with van der Waals surface area (Å²) in [7, 11) is 1.86. The summed E-state index contributed by atoms with van der Waals surface area (Å²) in [5.74, 6) is -0.258. The number of amides is 1. The third-order valence-corrected chi connectivity index (χ3v) is 4.73. The molecular formula is C13H15N3O2S. The highest BCUT2D eigenvalue weighted by Gasteiger charge is 2.57. The van der Waals surface area contributed by atoms with Crippen LogP contribution in [0.15, 0.2) is 24.5 Å². The maximum absolute atomic E-state index is 11.8. The highest BCUT2D eigenvalue weighted by Crippen LogP contribution is 2.61. The normalized spacial score (nSPS) is 25.3. The average molecular weight is 277 g/mol. The van der Waals surface area contributed by atoms with Crippen LogP contribution in [0.5, 0.6) is 0 Å². The first-order chi connectivity index (χ1) is 9.11. The minimum atomic E-state index is -0.315. The molecule has 3 rings (SSSR count). The lowest BCUT2D eigenvalue weighted by Crippen LogP contribution is -2.21. The molecule has 2 aromatic rings. The van der Waals surface area contributed by atoms with Crippen LogP contribution < -0.4 is 5.48 Å². The molecule has 5 nitrogen and oxygen atoms in total. The fourth-order valence-corrected chi connectivity index (χ4v) is 3.80. The lowest BCUT2D eigenvalue weighted by atomic mass is 10.2. The van der Waals surface area contributed by atoms with Gasteiger partial charge >= 0.3 is 0 Å². The number of hydrogen-bond donors (Lipinski definition) is 2. The molecule has 3 atom stereocenters. The van der Waals surface area contributed by atoms with E-state index in [0.29, 0.717) is 0 Å². The van der Waals surface area contributed by atoms with Crippen LogP contribution in [0, 0.1) is 12.8 Å². The summed E-state index contributed by atoms with van der Waals surface area (Å²) in [5.41, 5.74) is 2.83. The van der Waals surface area contributed by atoms with E-state index in [0.717, 1.165) is 5.56 Å². The van der Waals surface area contributed by atoms with E-state index in [1.165, 1.54) is 9.75 Å². The summed E-state index contributed by atoms with van der Waals surface area (Å²) in [6.07, 6.45) is 3.73. The molecule has 0 radical (unpaired) electrons. The number of hydrogen-bond acceptors (Lipinski definition) is 4. The van der Waals surface area contributed by atoms with Crippen molar-refractivity contribution in [3.63, 3.8) is 0 Å². The second kappa shape index (κ2) is 4.47. The van der Waals surface area contributed by atoms with Crippen LogP contribution in [0.3, 0.4) is 0 Å². The Kier molecular flexibility index (Phi) is 2.91. The van der Waals surface area contributed by atoms with Gasteiger partial charge in [0, 0.05) is 34.8 Å². The van der Waals surface area contributed by atoms with Crippen LogP contribution in [0.4, 0.5) is 0 Å². The summed E-state index contributed by atoms with van der Waals surface area (Å²) in [5, 5.41) is 13.0. The molecule has 1 aliphatic rings. The lowest BCUT2D eigenvalue weighted by molar-refractivity contribution is -0.130. The van der Waals surface area contributed by atoms with Crippen molar-refractivity contribution in [1.82, 2.24) is 15.3 Å². The molecule has 0 saturated heterocycles. The first-order valence-corrected chi connectivity index (χ1v) is 6.92. The minimum absolute atomic E-state index is 0.110. The number of aromatic nitrogens is 2. The zero-order valence-electron chi connectivity index (χ0n) is 10.7. The molecule has 0 aliphatic heterocycles. The maximum Gasteiger partial charge on any atom is 0.247 e. The molecule has 2 heterocycles. The Morgan fingerprint density at radius 2 is 2.26 bits per heavy atom. The summed E-state index contributed by atoms with van der Waals surface area (Å²) in [6.45, 7) is 2.05. The molecule has 19 heavy (non-hydrogen) atoms. The molecular weight excluding hydrogens is 262 g/mol. The summed E-state index contributed by atoms with van der Waals surface area (Å²) < 4.78 is 1.73. The summed E-state index contributed by atoms with van der Waals surface area (Å²) >= 11 is 1.71. The Hall–Kier alpha value is -1.66. The average Bonchev–Trinajstić information content (AvgIpc) is 2.73. The molecule has 0 aromatic carbocycles. The fraction of sp³-hybridized carbons (Fsp3) is 0.385. The predicted molar refractivity (Wildman–Crippen MR) is 71.2 cm³/mol. The zero-order chi connectivity index (χ0) is 13.6. The van der Waals surface area contributed by atoms with Gasteiger partial charge in [0.15, 0.2) is 0 Å². The van der Waals surface area contributed by atoms with E-state index in [4.69, 9.17) is 5.21 Å². The third kappa shape index (κ3) is 2.06. The van der Waals surface area contributed by atoms with Crippen molar-refractivity contribution in [2.45, 2.75) is 18.8 Å². The molecule has 1 fully saturated rings. The highest BCUT2D eigenvalue weighted by molar-refractivity contribution is 7.12. The van der Waals surface area contributed by atoms with Gasteiger partial charge in [-0.1, -0.05) is 0 Å². The number of aryl methyl sites for hydroxylation is 2. The van der Waals surface area contributed by atoms with Gasteiger partial charge in [0.05, 0.1) is 12.1 Å². The molecule has 1 saturated carbocycles. The SMILES string of the molecule is Cc1ccc([C@H]2[C@@H](C(=O)NO)[C@@H]2c2cnn(C)c2)s1. The van der Waals surface area contributed by atoms with Crippen LogP contribution in [0.25, 0.3) is 0 Å². The molecule has 0 unspecified atom stereocenters. The van der Waals surface area contributed by atoms with Crippen LogP contribution in [-0.2, 0) is 11.8 Å². The number of carbonyl (C=O) groups excluding carboxylic acids is 1. The molecule has 0 bridgehead atoms. The van der Waals surface area contributed by atoms with E-state index in [-0.39, 0.29) is 23.7 Å². The molecule has 6 heteroatoms. The minimum Gasteiger partial charge on any atom is -0.289 e. The molecule has 1 aliphatic carbocycles. The van der Waals surface area contributed by atoms with Gasteiger partial charge in [0.1, 0.15) is 0 Å². The largest absolute Gasteiger partial charge is 0.289 e. The number of nitrogens with one attached hydrogen (secondary N) is 1. The van der Waals surface area contributed by atoms with E-state index in [1.807, 2.05) is 13.2 Å². The van der Waals surface area contributed by atoms with Gasteiger partial charge in [0.25, 0.3) is 0 Å². The smallest absolute Gasteiger partial charge is 0.247 e. The standard InChI is InChI=1S/C13H15N3O2S/c1-7-3-4-9(19-7)11-10(12(11)13(17)15-18)8-5-14-16(2)6-8/h3-6,10-12,18H,1-2H3,(H,15,17)/t10-,11-,12+/m1/s1. The second-order valence-corrected chi connectivity index (χ2v) is 6.27. The van der Waals surface area contributed by atoms with Crippen molar-refractivity contribution in [3.05, 3.63) is 39.8 Å². The molecule has 1 amide bonds. The summed E-state index contributed by atoms with van der Waals surface area (Å²) in [6, 6.07) is 4.13. The predicted octanol–water partition coefficient (Wildman–Crippen LogP) is 1.79. The fourth-order valence-electron chi connectivity index (χ4n) is 2.73. The van der Waals surface area contributed by atoms with Crippen molar-refractivity contribution in [2.24, 2.45) is 13.0 Å². The number of carbonyl (C=O) groups is 1. The zero-order valence-corrected chi connectivity index (χ0v) is 11.5. The van der Waals surface area contributed by atoms with Crippen molar-refractivity contribution >= 4 is 17.2 Å². The van der Waals surface area contributed by atoms with E-state index >= 15 is 0 Å². The Balaban J connectivity index is 1.91. The van der Waals surface area contributed by atoms with Crippen LogP contribution in [0.1, 0.15) is 27.2 Å². The topological polar surface area (TPSA) is 67.2 Å². The number of thiophene rings is 1. The van der Waals surface area contributed by atoms with Crippen molar-refractivity contribution < 1.29 is 10.0 Å². The van der Waals surface area contributed by atoms with Crippen LogP contribution >= 0.6 is 11.3 Å². The Morgan fingerprint density at radius 3 is 2.79 bits per heavy atom. The monoisotopic (exact) mass is 277 g/mol. The van der Waals surface area contributed by atoms with Gasteiger partial charge in [-0.15, -0.1) is 11.3 Å². The van der Waals surface area contributed by atoms with Crippen molar-refractivity contribution in [1.29, 1.82) is 0 Å². The summed E-state index contributed by atoms with van der Waals surface area (Å²) in [4.78, 5) is 14.2. The number of nitrogens with zero attached hydrogens (tertiary/aromatic N) is 2. The van der Waals surface area contributed by atoms with Gasteiger partial charge in [-0.25, -0.2) is 5.48 Å². The first-order valence-electron chi connectivity index (χ1n) is 6.10. The molecule has 2 N–H and O–H groups in total. The van der Waals surface area contributed by atoms with Gasteiger partial charge in [-0.2, -0.15) is 5.10 Å². The van der Waals surface area contributed by atoms with Crippen molar-refractivity contribution in [2.75, 3.05) is 0 Å². The Labute approximate surface area is 114 Å². The quantitative estimate of drug-likeness (QED) is 0.664. The van der Waals surface area contributed by atoms with E-state index < -0.39 is 0 Å². The van der Waals surface area contributed by atoms with E-state index in [1.54, 1.807) is 27.7 Å². The second-order valence-electron chi connectivity index (χ2n) is 4.95. The Morgan fingerprint density at radius 1 is 1.47 bits per heavy atom.